The molecule has 0 unspecified atom stereocenters. The zero-order valence-corrected chi connectivity index (χ0v) is 45.0. The molecule has 0 bridgehead atoms. The monoisotopic (exact) mass is 1160 g/mol. The number of esters is 2. The lowest BCUT2D eigenvalue weighted by atomic mass is 9.87. The Hall–Kier alpha value is -7.42. The van der Waals surface area contributed by atoms with Crippen LogP contribution in [0.4, 0.5) is 0 Å². The fourth-order valence-electron chi connectivity index (χ4n) is 7.68. The largest absolute Gasteiger partial charge is 0.479 e. The van der Waals surface area contributed by atoms with Crippen LogP contribution < -0.4 is 44.2 Å². The molecule has 2 aliphatic heterocycles. The van der Waals surface area contributed by atoms with Crippen molar-refractivity contribution in [2.75, 3.05) is 105 Å². The summed E-state index contributed by atoms with van der Waals surface area (Å²) in [4.78, 5) is 111. The van der Waals surface area contributed by atoms with E-state index in [0.717, 1.165) is 19.1 Å². The highest BCUT2D eigenvalue weighted by atomic mass is 16.6. The first-order valence-electron chi connectivity index (χ1n) is 25.4. The predicted molar refractivity (Wildman–Crippen MR) is 279 cm³/mol. The van der Waals surface area contributed by atoms with E-state index in [2.05, 4.69) is 37.2 Å². The van der Waals surface area contributed by atoms with Crippen LogP contribution >= 0.6 is 0 Å². The number of guanidine groups is 2. The average molecular weight is 1160 g/mol. The van der Waals surface area contributed by atoms with Crippen LogP contribution in [0.5, 0.6) is 0 Å². The Balaban J connectivity index is 2.06. The van der Waals surface area contributed by atoms with Gasteiger partial charge >= 0.3 is 23.9 Å². The number of hydrogen-bond donors (Lipinski definition) is 14. The molecule has 0 aromatic heterocycles. The van der Waals surface area contributed by atoms with E-state index in [9.17, 15) is 69.0 Å². The van der Waals surface area contributed by atoms with Crippen LogP contribution in [0.25, 0.3) is 0 Å². The molecule has 0 radical (unpaired) electrons. The Labute approximate surface area is 466 Å². The van der Waals surface area contributed by atoms with E-state index in [-0.39, 0.29) is 71.3 Å². The third-order valence-corrected chi connectivity index (χ3v) is 11.4. The number of carboxylic acids is 2. The molecular formula is C48H77N11O22. The number of carboxylic acid groups (broad SMARTS) is 2. The second kappa shape index (κ2) is 38.3. The van der Waals surface area contributed by atoms with Crippen LogP contribution in [0.1, 0.15) is 39.5 Å². The normalized spacial score (nSPS) is 19.9. The lowest BCUT2D eigenvalue weighted by Gasteiger charge is -2.39. The fraction of sp³-hybridized carbons (Fsp3) is 0.667. The number of rotatable bonds is 40. The van der Waals surface area contributed by atoms with Gasteiger partial charge in [-0.1, -0.05) is 12.8 Å². The number of carbonyl (C=O) groups excluding carboxylic acids is 6. The van der Waals surface area contributed by atoms with Crippen molar-refractivity contribution >= 4 is 59.4 Å². The van der Waals surface area contributed by atoms with Crippen LogP contribution in [0.2, 0.25) is 0 Å². The smallest absolute Gasteiger partial charge is 0.370 e. The Morgan fingerprint density at radius 3 is 1.49 bits per heavy atom. The number of aliphatic imine (C=N–C) groups is 2. The first-order chi connectivity index (χ1) is 38.5. The Morgan fingerprint density at radius 2 is 1.06 bits per heavy atom. The van der Waals surface area contributed by atoms with E-state index in [1.807, 2.05) is 0 Å². The number of terminal acetylenes is 1. The third kappa shape index (κ3) is 27.5. The molecule has 0 aromatic rings. The molecule has 0 fully saturated rings. The van der Waals surface area contributed by atoms with Gasteiger partial charge in [0.15, 0.2) is 30.2 Å². The zero-order valence-electron chi connectivity index (χ0n) is 45.0. The minimum Gasteiger partial charge on any atom is -0.479 e. The number of aliphatic hydroxyl groups is 4. The molecule has 0 aromatic carbocycles. The summed E-state index contributed by atoms with van der Waals surface area (Å²) in [6.45, 7) is 0.951. The van der Waals surface area contributed by atoms with Gasteiger partial charge in [0.2, 0.25) is 35.1 Å². The third-order valence-electron chi connectivity index (χ3n) is 11.4. The predicted octanol–water partition coefficient (Wildman–Crippen LogP) is -7.41. The molecule has 0 saturated heterocycles. The molecule has 2 aliphatic rings. The van der Waals surface area contributed by atoms with E-state index in [1.54, 1.807) is 6.92 Å². The summed E-state index contributed by atoms with van der Waals surface area (Å²) < 4.78 is 43.3. The maximum atomic E-state index is 13.2. The van der Waals surface area contributed by atoms with Gasteiger partial charge in [0, 0.05) is 45.3 Å². The summed E-state index contributed by atoms with van der Waals surface area (Å²) in [5.41, 5.74) is 22.1. The van der Waals surface area contributed by atoms with Crippen molar-refractivity contribution in [3.63, 3.8) is 0 Å². The van der Waals surface area contributed by atoms with Gasteiger partial charge in [0.1, 0.15) is 24.9 Å². The van der Waals surface area contributed by atoms with Crippen molar-refractivity contribution in [2.45, 2.75) is 94.3 Å². The number of aliphatic carboxylic acids is 2. The first kappa shape index (κ1) is 69.7. The highest BCUT2D eigenvalue weighted by Crippen LogP contribution is 2.31. The topological polar surface area (TPSA) is 512 Å². The van der Waals surface area contributed by atoms with Crippen LogP contribution in [-0.2, 0) is 76.3 Å². The maximum absolute atomic E-state index is 13.2. The summed E-state index contributed by atoms with van der Waals surface area (Å²) in [7, 11) is 0. The number of amides is 4. The molecule has 0 spiro atoms. The van der Waals surface area contributed by atoms with E-state index in [0.29, 0.717) is 26.4 Å². The van der Waals surface area contributed by atoms with Gasteiger partial charge in [0.05, 0.1) is 97.2 Å². The SMILES string of the molecule is C#CCOCCOCCOCCOCCNC(=O)CN(CC(=O)NCCCC(=O)O[C@@H]([C@@H]1OC(C(=O)O)=C[C@H](N=C(N)N)[C@H]1C)[C@H](O)CO)CC(=O)NCCCC(=O)O[C@@H]([C@@H]1OC(C(=O)O)=C[C@H](N=C(N)N)[C@H]1NC(C)=O)[C@H](O)CO. The van der Waals surface area contributed by atoms with Crippen molar-refractivity contribution in [1.29, 1.82) is 0 Å². The molecule has 456 valence electrons. The van der Waals surface area contributed by atoms with Gasteiger partial charge in [-0.05, 0) is 25.0 Å². The minimum atomic E-state index is -1.88. The second-order valence-electron chi connectivity index (χ2n) is 17.9. The van der Waals surface area contributed by atoms with E-state index >= 15 is 0 Å². The van der Waals surface area contributed by atoms with Gasteiger partial charge in [0.25, 0.3) is 0 Å². The van der Waals surface area contributed by atoms with E-state index in [4.69, 9.17) is 67.3 Å². The van der Waals surface area contributed by atoms with E-state index in [1.165, 1.54) is 4.90 Å². The molecule has 0 saturated carbocycles. The zero-order chi connectivity index (χ0) is 60.4. The lowest BCUT2D eigenvalue weighted by molar-refractivity contribution is -0.176. The van der Waals surface area contributed by atoms with Gasteiger partial charge in [-0.25, -0.2) is 19.6 Å². The number of nitrogens with zero attached hydrogens (tertiary/aromatic N) is 3. The van der Waals surface area contributed by atoms with Crippen LogP contribution in [-0.4, -0.2) is 255 Å². The summed E-state index contributed by atoms with van der Waals surface area (Å²) in [6, 6.07) is -3.58. The van der Waals surface area contributed by atoms with Crippen molar-refractivity contribution in [3.8, 4) is 12.3 Å². The number of hydrogen-bond acceptors (Lipinski definition) is 23. The quantitative estimate of drug-likeness (QED) is 0.00891. The highest BCUT2D eigenvalue weighted by molar-refractivity contribution is 5.86. The number of nitrogens with two attached hydrogens (primary N) is 4. The molecule has 2 rings (SSSR count). The van der Waals surface area contributed by atoms with Crippen molar-refractivity contribution in [1.82, 2.24) is 26.2 Å². The molecule has 33 nitrogen and oxygen atoms in total. The summed E-state index contributed by atoms with van der Waals surface area (Å²) >= 11 is 0. The molecule has 81 heavy (non-hydrogen) atoms. The summed E-state index contributed by atoms with van der Waals surface area (Å²) in [5.74, 6) is -8.32. The summed E-state index contributed by atoms with van der Waals surface area (Å²) in [5, 5.41) is 70.5. The van der Waals surface area contributed by atoms with Crippen molar-refractivity contribution < 1.29 is 107 Å². The Bertz CT molecular complexity index is 2220. The molecule has 10 atom stereocenters. The second-order valence-corrected chi connectivity index (χ2v) is 17.9. The maximum Gasteiger partial charge on any atom is 0.370 e. The van der Waals surface area contributed by atoms with Crippen molar-refractivity contribution in [3.05, 3.63) is 23.7 Å². The number of carbonyl (C=O) groups is 8. The Kier molecular flexibility index (Phi) is 32.9. The van der Waals surface area contributed by atoms with E-state index < -0.39 is 165 Å². The van der Waals surface area contributed by atoms with Gasteiger partial charge in [-0.3, -0.25) is 33.7 Å². The highest BCUT2D eigenvalue weighted by Gasteiger charge is 2.47. The standard InChI is InChI=1S/C48H77N11O22/c1-4-12-74-14-16-76-18-19-77-17-15-75-13-11-55-37(67)24-59(22-35(65)53-9-5-7-38(68)80-42(31(63)25-60)41-27(2)29(57-47(49)50)20-33(78-41)45(70)71)23-36(66)54-10-6-8-39(69)81-43(32(64)26-61)44-40(56-28(3)62)30(58-48(51)52)21-34(79-44)46(72)73/h1,20-21,27,29-32,40-44,60-61,63-64H,5-19,22-26H2,2-3H3,(H,53,65)(H,54,66)(H,55,67)(H,56,62)(H,70,71)(H,72,73)(H4,49,50,57)(H4,51,52,58)/t27-,29+,30+,31-,32-,40-,41-,42-,43-,44-/m1/s1. The fourth-order valence-corrected chi connectivity index (χ4v) is 7.68. The molecule has 2 heterocycles. The molecule has 4 amide bonds. The number of ether oxygens (including phenoxy) is 8. The molecule has 33 heteroatoms. The summed E-state index contributed by atoms with van der Waals surface area (Å²) in [6.07, 6.45) is -3.68. The van der Waals surface area contributed by atoms with Gasteiger partial charge < -0.3 is 113 Å². The first-order valence-corrected chi connectivity index (χ1v) is 25.4. The van der Waals surface area contributed by atoms with Crippen LogP contribution in [0, 0.1) is 18.3 Å². The van der Waals surface area contributed by atoms with Crippen LogP contribution in [0.15, 0.2) is 33.7 Å². The number of aliphatic hydroxyl groups excluding tert-OH is 4. The molecule has 0 aliphatic carbocycles. The Morgan fingerprint density at radius 1 is 0.654 bits per heavy atom. The van der Waals surface area contributed by atoms with Crippen molar-refractivity contribution in [2.24, 2.45) is 38.8 Å². The number of nitrogens with one attached hydrogen (secondary N) is 4. The van der Waals surface area contributed by atoms with Gasteiger partial charge in [-0.15, -0.1) is 6.42 Å². The minimum absolute atomic E-state index is 0.0412. The molecular weight excluding hydrogens is 1080 g/mol. The molecule has 18 N–H and O–H groups in total. The average Bonchev–Trinajstić information content (AvgIpc) is 3.40. The van der Waals surface area contributed by atoms with Crippen LogP contribution in [0.3, 0.4) is 0 Å². The lowest BCUT2D eigenvalue weighted by Crippen LogP contribution is -2.60. The van der Waals surface area contributed by atoms with Gasteiger partial charge in [-0.2, -0.15) is 0 Å².